The number of aliphatic hydroxyl groups excluding tert-OH is 1. The van der Waals surface area contributed by atoms with Crippen molar-refractivity contribution >= 4 is 15.9 Å². The largest absolute Gasteiger partial charge is 0.396 e. The Bertz CT molecular complexity index is 326. The van der Waals surface area contributed by atoms with Gasteiger partial charge in [0.05, 0.1) is 0 Å². The Morgan fingerprint density at radius 1 is 1.44 bits per heavy atom. The molecule has 0 bridgehead atoms. The zero-order valence-corrected chi connectivity index (χ0v) is 11.2. The molecule has 0 aliphatic rings. The summed E-state index contributed by atoms with van der Waals surface area (Å²) in [5, 5.41) is 9.12. The molecule has 2 nitrogen and oxygen atoms in total. The minimum absolute atomic E-state index is 0.193. The first kappa shape index (κ1) is 13.4. The van der Waals surface area contributed by atoms with E-state index in [4.69, 9.17) is 5.11 Å². The minimum Gasteiger partial charge on any atom is -0.396 e. The van der Waals surface area contributed by atoms with Gasteiger partial charge in [-0.2, -0.15) is 0 Å². The van der Waals surface area contributed by atoms with E-state index in [0.717, 1.165) is 17.4 Å². The van der Waals surface area contributed by atoms with E-state index in [1.807, 2.05) is 25.2 Å². The first-order valence-electron chi connectivity index (χ1n) is 5.34. The van der Waals surface area contributed by atoms with Crippen molar-refractivity contribution in [3.8, 4) is 0 Å². The molecular formula is C13H18BrNO. The molecule has 0 heterocycles. The molecule has 1 rings (SSSR count). The normalized spacial score (nSPS) is 12.8. The Labute approximate surface area is 106 Å². The molecule has 0 fully saturated rings. The third-order valence-corrected chi connectivity index (χ3v) is 2.79. The molecule has 0 aliphatic heterocycles. The van der Waals surface area contributed by atoms with E-state index in [9.17, 15) is 0 Å². The molecule has 0 saturated carbocycles. The highest BCUT2D eigenvalue weighted by Gasteiger charge is 2.16. The van der Waals surface area contributed by atoms with Crippen LogP contribution in [0.2, 0.25) is 0 Å². The fraction of sp³-hybridized carbons (Fsp3) is 0.385. The lowest BCUT2D eigenvalue weighted by molar-refractivity contribution is 0.197. The lowest BCUT2D eigenvalue weighted by atomic mass is 10.0. The average molecular weight is 284 g/mol. The van der Waals surface area contributed by atoms with Gasteiger partial charge in [-0.05, 0) is 19.0 Å². The van der Waals surface area contributed by atoms with E-state index < -0.39 is 0 Å². The molecule has 0 spiro atoms. The summed E-state index contributed by atoms with van der Waals surface area (Å²) < 4.78 is 0.953. The minimum atomic E-state index is 0.193. The highest BCUT2D eigenvalue weighted by Crippen LogP contribution is 2.23. The fourth-order valence-corrected chi connectivity index (χ4v) is 2.22. The summed E-state index contributed by atoms with van der Waals surface area (Å²) in [6.07, 6.45) is 0.737. The van der Waals surface area contributed by atoms with Crippen LogP contribution in [0.25, 0.3) is 0 Å². The summed E-state index contributed by atoms with van der Waals surface area (Å²) in [6, 6.07) is 10.5. The standard InChI is InChI=1S/C13H18BrNO/c1-11(14)10-15(2)13(8-9-16)12-6-4-3-5-7-12/h3-7,13,16H,1,8-10H2,2H3. The van der Waals surface area contributed by atoms with Crippen LogP contribution in [-0.4, -0.2) is 30.2 Å². The van der Waals surface area contributed by atoms with Crippen molar-refractivity contribution in [2.24, 2.45) is 0 Å². The summed E-state index contributed by atoms with van der Waals surface area (Å²) in [7, 11) is 2.04. The lowest BCUT2D eigenvalue weighted by Gasteiger charge is -2.27. The van der Waals surface area contributed by atoms with Crippen molar-refractivity contribution < 1.29 is 5.11 Å². The predicted octanol–water partition coefficient (Wildman–Crippen LogP) is 2.95. The van der Waals surface area contributed by atoms with E-state index in [-0.39, 0.29) is 12.6 Å². The molecular weight excluding hydrogens is 266 g/mol. The second-order valence-corrected chi connectivity index (χ2v) is 4.99. The molecule has 1 N–H and O–H groups in total. The Hall–Kier alpha value is -0.640. The van der Waals surface area contributed by atoms with Crippen molar-refractivity contribution in [3.05, 3.63) is 47.0 Å². The molecule has 1 aromatic rings. The number of likely N-dealkylation sites (N-methyl/N-ethyl adjacent to an activating group) is 1. The smallest absolute Gasteiger partial charge is 0.0449 e. The van der Waals surface area contributed by atoms with Gasteiger partial charge in [-0.15, -0.1) is 0 Å². The van der Waals surface area contributed by atoms with Gasteiger partial charge in [0, 0.05) is 23.7 Å². The van der Waals surface area contributed by atoms with Gasteiger partial charge in [0.25, 0.3) is 0 Å². The molecule has 88 valence electrons. The number of hydrogen-bond donors (Lipinski definition) is 1. The van der Waals surface area contributed by atoms with E-state index >= 15 is 0 Å². The van der Waals surface area contributed by atoms with Gasteiger partial charge < -0.3 is 5.11 Å². The zero-order chi connectivity index (χ0) is 12.0. The monoisotopic (exact) mass is 283 g/mol. The topological polar surface area (TPSA) is 23.5 Å². The molecule has 0 amide bonds. The second-order valence-electron chi connectivity index (χ2n) is 3.87. The molecule has 1 unspecified atom stereocenters. The van der Waals surface area contributed by atoms with Crippen LogP contribution in [0.3, 0.4) is 0 Å². The van der Waals surface area contributed by atoms with Crippen LogP contribution in [0.15, 0.2) is 41.4 Å². The first-order chi connectivity index (χ1) is 7.65. The van der Waals surface area contributed by atoms with Gasteiger partial charge >= 0.3 is 0 Å². The molecule has 3 heteroatoms. The van der Waals surface area contributed by atoms with Gasteiger partial charge in [0.2, 0.25) is 0 Å². The van der Waals surface area contributed by atoms with Crippen molar-refractivity contribution in [1.82, 2.24) is 4.90 Å². The summed E-state index contributed by atoms with van der Waals surface area (Å²) >= 11 is 3.37. The van der Waals surface area contributed by atoms with Gasteiger partial charge in [0.15, 0.2) is 0 Å². The van der Waals surface area contributed by atoms with Crippen molar-refractivity contribution in [2.75, 3.05) is 20.2 Å². The number of aliphatic hydroxyl groups is 1. The maximum atomic E-state index is 9.12. The SMILES string of the molecule is C=C(Br)CN(C)C(CCO)c1ccccc1. The van der Waals surface area contributed by atoms with Crippen LogP contribution in [0.5, 0.6) is 0 Å². The Morgan fingerprint density at radius 2 is 2.06 bits per heavy atom. The highest BCUT2D eigenvalue weighted by atomic mass is 79.9. The number of hydrogen-bond acceptors (Lipinski definition) is 2. The predicted molar refractivity (Wildman–Crippen MR) is 71.6 cm³/mol. The van der Waals surface area contributed by atoms with Crippen LogP contribution in [0, 0.1) is 0 Å². The Balaban J connectivity index is 2.78. The zero-order valence-electron chi connectivity index (χ0n) is 9.56. The summed E-state index contributed by atoms with van der Waals surface area (Å²) in [5.74, 6) is 0. The van der Waals surface area contributed by atoms with Gasteiger partial charge in [-0.25, -0.2) is 0 Å². The molecule has 0 aromatic heterocycles. The maximum Gasteiger partial charge on any atom is 0.0449 e. The van der Waals surface area contributed by atoms with E-state index in [1.54, 1.807) is 0 Å². The maximum absolute atomic E-state index is 9.12. The van der Waals surface area contributed by atoms with Gasteiger partial charge in [-0.1, -0.05) is 52.8 Å². The van der Waals surface area contributed by atoms with Crippen LogP contribution < -0.4 is 0 Å². The molecule has 0 aliphatic carbocycles. The van der Waals surface area contributed by atoms with Gasteiger partial charge in [0.1, 0.15) is 0 Å². The quantitative estimate of drug-likeness (QED) is 0.868. The van der Waals surface area contributed by atoms with Crippen LogP contribution in [0.4, 0.5) is 0 Å². The molecule has 1 aromatic carbocycles. The van der Waals surface area contributed by atoms with E-state index in [1.165, 1.54) is 5.56 Å². The lowest BCUT2D eigenvalue weighted by Crippen LogP contribution is -2.26. The molecule has 16 heavy (non-hydrogen) atoms. The van der Waals surface area contributed by atoms with Crippen LogP contribution >= 0.6 is 15.9 Å². The van der Waals surface area contributed by atoms with Crippen LogP contribution in [-0.2, 0) is 0 Å². The van der Waals surface area contributed by atoms with E-state index in [2.05, 4.69) is 39.5 Å². The molecule has 1 atom stereocenters. The average Bonchev–Trinajstić information content (AvgIpc) is 2.26. The third-order valence-electron chi connectivity index (χ3n) is 2.54. The summed E-state index contributed by atoms with van der Waals surface area (Å²) in [5.41, 5.74) is 1.23. The van der Waals surface area contributed by atoms with Crippen LogP contribution in [0.1, 0.15) is 18.0 Å². The Kier molecular flexibility index (Phi) is 5.74. The summed E-state index contributed by atoms with van der Waals surface area (Å²) in [6.45, 7) is 4.81. The van der Waals surface area contributed by atoms with E-state index in [0.29, 0.717) is 0 Å². The summed E-state index contributed by atoms with van der Waals surface area (Å²) in [4.78, 5) is 2.18. The number of halogens is 1. The third kappa shape index (κ3) is 4.08. The van der Waals surface area contributed by atoms with Crippen molar-refractivity contribution in [1.29, 1.82) is 0 Å². The molecule has 0 radical (unpaired) electrons. The molecule has 0 saturated heterocycles. The van der Waals surface area contributed by atoms with Crippen molar-refractivity contribution in [3.63, 3.8) is 0 Å². The fourth-order valence-electron chi connectivity index (χ4n) is 1.82. The Morgan fingerprint density at radius 3 is 2.56 bits per heavy atom. The number of benzene rings is 1. The second kappa shape index (κ2) is 6.84. The number of nitrogens with zero attached hydrogens (tertiary/aromatic N) is 1. The highest BCUT2D eigenvalue weighted by molar-refractivity contribution is 9.11. The first-order valence-corrected chi connectivity index (χ1v) is 6.13. The van der Waals surface area contributed by atoms with Crippen molar-refractivity contribution in [2.45, 2.75) is 12.5 Å². The van der Waals surface area contributed by atoms with Gasteiger partial charge in [-0.3, -0.25) is 4.90 Å². The number of rotatable bonds is 6.